The molecule has 1 fully saturated rings. The maximum Gasteiger partial charge on any atom is 0.293 e. The van der Waals surface area contributed by atoms with Crippen LogP contribution in [0.1, 0.15) is 37.0 Å². The molecule has 148 valence electrons. The zero-order valence-corrected chi connectivity index (χ0v) is 17.6. The monoisotopic (exact) mass is 426 g/mol. The number of thioether (sulfide) groups is 1. The Balaban J connectivity index is 1.79. The molecule has 2 amide bonds. The normalized spacial score (nSPS) is 16.2. The van der Waals surface area contributed by atoms with Gasteiger partial charge >= 0.3 is 0 Å². The highest BCUT2D eigenvalue weighted by Gasteiger charge is 2.35. The summed E-state index contributed by atoms with van der Waals surface area (Å²) in [4.78, 5) is 26.6. The largest absolute Gasteiger partial charge is 0.489 e. The highest BCUT2D eigenvalue weighted by molar-refractivity contribution is 8.18. The van der Waals surface area contributed by atoms with Crippen LogP contribution in [0.25, 0.3) is 6.08 Å². The summed E-state index contributed by atoms with van der Waals surface area (Å²) in [5, 5.41) is 9.29. The van der Waals surface area contributed by atoms with E-state index in [1.807, 2.05) is 13.8 Å². The molecule has 0 saturated carbocycles. The summed E-state index contributed by atoms with van der Waals surface area (Å²) < 4.78 is 5.75. The lowest BCUT2D eigenvalue weighted by atomic mass is 10.1. The van der Waals surface area contributed by atoms with E-state index in [4.69, 9.17) is 16.3 Å². The number of carbonyl (C=O) groups is 2. The Bertz CT molecular complexity index is 1030. The third-order valence-electron chi connectivity index (χ3n) is 4.50. The Hall–Kier alpha value is -2.75. The number of rotatable bonds is 6. The van der Waals surface area contributed by atoms with E-state index in [1.165, 1.54) is 0 Å². The second-order valence-electron chi connectivity index (χ2n) is 6.56. The van der Waals surface area contributed by atoms with Gasteiger partial charge in [-0.15, -0.1) is 0 Å². The molecule has 0 aromatic heterocycles. The molecule has 5 nitrogen and oxygen atoms in total. The van der Waals surface area contributed by atoms with E-state index in [9.17, 15) is 14.9 Å². The van der Waals surface area contributed by atoms with E-state index in [2.05, 4.69) is 6.07 Å². The maximum absolute atomic E-state index is 12.7. The number of hydrogen-bond acceptors (Lipinski definition) is 5. The molecule has 29 heavy (non-hydrogen) atoms. The van der Waals surface area contributed by atoms with Crippen molar-refractivity contribution in [2.45, 2.75) is 32.9 Å². The Morgan fingerprint density at radius 3 is 2.72 bits per heavy atom. The number of hydrogen-bond donors (Lipinski definition) is 0. The summed E-state index contributed by atoms with van der Waals surface area (Å²) in [6.07, 6.45) is 2.55. The van der Waals surface area contributed by atoms with Crippen molar-refractivity contribution in [2.24, 2.45) is 0 Å². The van der Waals surface area contributed by atoms with Gasteiger partial charge in [-0.1, -0.05) is 42.8 Å². The third-order valence-corrected chi connectivity index (χ3v) is 5.70. The molecule has 1 atom stereocenters. The number of amides is 2. The number of imide groups is 1. The molecule has 3 rings (SSSR count). The molecule has 7 heteroatoms. The first kappa shape index (κ1) is 21.0. The van der Waals surface area contributed by atoms with Gasteiger partial charge in [-0.25, -0.2) is 0 Å². The molecule has 0 N–H and O–H groups in total. The van der Waals surface area contributed by atoms with Crippen LogP contribution in [0.4, 0.5) is 4.79 Å². The SMILES string of the molecule is CC[C@@H](C)Oc1ccc(/C=C2/SC(=O)N(Cc3ccccc3C#N)C2=O)cc1Cl. The van der Waals surface area contributed by atoms with Crippen LogP contribution in [-0.2, 0) is 11.3 Å². The average Bonchev–Trinajstić information content (AvgIpc) is 2.97. The topological polar surface area (TPSA) is 70.4 Å². The van der Waals surface area contributed by atoms with Crippen molar-refractivity contribution < 1.29 is 14.3 Å². The van der Waals surface area contributed by atoms with Gasteiger partial charge in [0.2, 0.25) is 0 Å². The van der Waals surface area contributed by atoms with Crippen LogP contribution in [0, 0.1) is 11.3 Å². The Morgan fingerprint density at radius 2 is 2.03 bits per heavy atom. The van der Waals surface area contributed by atoms with Gasteiger partial charge in [-0.05, 0) is 60.5 Å². The lowest BCUT2D eigenvalue weighted by Crippen LogP contribution is -2.27. The predicted octanol–water partition coefficient (Wildman–Crippen LogP) is 5.63. The maximum atomic E-state index is 12.7. The minimum absolute atomic E-state index is 0.0473. The highest BCUT2D eigenvalue weighted by Crippen LogP contribution is 2.35. The van der Waals surface area contributed by atoms with Crippen molar-refractivity contribution >= 4 is 40.6 Å². The number of benzene rings is 2. The molecule has 1 heterocycles. The van der Waals surface area contributed by atoms with Crippen LogP contribution >= 0.6 is 23.4 Å². The molecule has 1 aliphatic heterocycles. The fourth-order valence-corrected chi connectivity index (χ4v) is 3.80. The molecule has 0 bridgehead atoms. The van der Waals surface area contributed by atoms with Crippen molar-refractivity contribution in [1.29, 1.82) is 5.26 Å². The van der Waals surface area contributed by atoms with E-state index < -0.39 is 0 Å². The summed E-state index contributed by atoms with van der Waals surface area (Å²) >= 11 is 7.17. The number of nitriles is 1. The lowest BCUT2D eigenvalue weighted by Gasteiger charge is -2.14. The van der Waals surface area contributed by atoms with E-state index >= 15 is 0 Å². The van der Waals surface area contributed by atoms with Crippen LogP contribution in [0.3, 0.4) is 0 Å². The summed E-state index contributed by atoms with van der Waals surface area (Å²) in [7, 11) is 0. The van der Waals surface area contributed by atoms with Gasteiger partial charge in [0, 0.05) is 0 Å². The van der Waals surface area contributed by atoms with Crippen molar-refractivity contribution in [1.82, 2.24) is 4.90 Å². The minimum Gasteiger partial charge on any atom is -0.489 e. The van der Waals surface area contributed by atoms with Gasteiger partial charge in [-0.2, -0.15) is 5.26 Å². The Labute approximate surface area is 178 Å². The highest BCUT2D eigenvalue weighted by atomic mass is 35.5. The molecule has 0 spiro atoms. The fraction of sp³-hybridized carbons (Fsp3) is 0.227. The van der Waals surface area contributed by atoms with E-state index in [1.54, 1.807) is 48.5 Å². The fourth-order valence-electron chi connectivity index (χ4n) is 2.73. The lowest BCUT2D eigenvalue weighted by molar-refractivity contribution is -0.123. The summed E-state index contributed by atoms with van der Waals surface area (Å²) in [5.74, 6) is 0.197. The van der Waals surface area contributed by atoms with Gasteiger partial charge in [0.25, 0.3) is 11.1 Å². The van der Waals surface area contributed by atoms with Crippen LogP contribution in [0.2, 0.25) is 5.02 Å². The van der Waals surface area contributed by atoms with Gasteiger partial charge in [-0.3, -0.25) is 14.5 Å². The third kappa shape index (κ3) is 4.81. The van der Waals surface area contributed by atoms with Crippen LogP contribution in [0.5, 0.6) is 5.75 Å². The molecular formula is C22H19ClN2O3S. The summed E-state index contributed by atoms with van der Waals surface area (Å²) in [6, 6.07) is 14.3. The molecule has 0 radical (unpaired) electrons. The predicted molar refractivity (Wildman–Crippen MR) is 115 cm³/mol. The zero-order valence-electron chi connectivity index (χ0n) is 16.0. The number of ether oxygens (including phenoxy) is 1. The molecule has 0 unspecified atom stereocenters. The van der Waals surface area contributed by atoms with E-state index in [0.29, 0.717) is 32.4 Å². The van der Waals surface area contributed by atoms with Gasteiger partial charge in [0.15, 0.2) is 0 Å². The second-order valence-corrected chi connectivity index (χ2v) is 7.96. The summed E-state index contributed by atoms with van der Waals surface area (Å²) in [5.41, 5.74) is 1.78. The van der Waals surface area contributed by atoms with Crippen LogP contribution < -0.4 is 4.74 Å². The Kier molecular flexibility index (Phi) is 6.63. The quantitative estimate of drug-likeness (QED) is 0.560. The molecule has 1 aliphatic rings. The average molecular weight is 427 g/mol. The van der Waals surface area contributed by atoms with Gasteiger partial charge in [0.05, 0.1) is 34.2 Å². The number of carbonyl (C=O) groups excluding carboxylic acids is 2. The summed E-state index contributed by atoms with van der Waals surface area (Å²) in [6.45, 7) is 4.05. The van der Waals surface area contributed by atoms with Crippen LogP contribution in [0.15, 0.2) is 47.4 Å². The molecule has 2 aromatic carbocycles. The number of nitrogens with zero attached hydrogens (tertiary/aromatic N) is 2. The first-order valence-electron chi connectivity index (χ1n) is 9.12. The zero-order chi connectivity index (χ0) is 21.0. The first-order chi connectivity index (χ1) is 13.9. The number of halogens is 1. The minimum atomic E-state index is -0.385. The second kappa shape index (κ2) is 9.17. The molecule has 1 saturated heterocycles. The van der Waals surface area contributed by atoms with Crippen molar-refractivity contribution in [3.8, 4) is 11.8 Å². The first-order valence-corrected chi connectivity index (χ1v) is 10.3. The van der Waals surface area contributed by atoms with Crippen molar-refractivity contribution in [2.75, 3.05) is 0 Å². The Morgan fingerprint density at radius 1 is 1.28 bits per heavy atom. The molecule has 2 aromatic rings. The smallest absolute Gasteiger partial charge is 0.293 e. The van der Waals surface area contributed by atoms with E-state index in [0.717, 1.165) is 23.1 Å². The van der Waals surface area contributed by atoms with Crippen molar-refractivity contribution in [3.05, 3.63) is 69.1 Å². The molecule has 0 aliphatic carbocycles. The van der Waals surface area contributed by atoms with Gasteiger partial charge < -0.3 is 4.74 Å². The van der Waals surface area contributed by atoms with Gasteiger partial charge in [0.1, 0.15) is 5.75 Å². The molecular weight excluding hydrogens is 408 g/mol. The van der Waals surface area contributed by atoms with E-state index in [-0.39, 0.29) is 23.8 Å². The standard InChI is InChI=1S/C22H19ClN2O3S/c1-3-14(2)28-19-9-8-15(10-18(19)23)11-20-21(26)25(22(27)29-20)13-17-7-5-4-6-16(17)12-24/h4-11,14H,3,13H2,1-2H3/b20-11+/t14-/m1/s1. The van der Waals surface area contributed by atoms with Crippen LogP contribution in [-0.4, -0.2) is 22.2 Å². The van der Waals surface area contributed by atoms with Crippen molar-refractivity contribution in [3.63, 3.8) is 0 Å².